The summed E-state index contributed by atoms with van der Waals surface area (Å²) >= 11 is 0. The van der Waals surface area contributed by atoms with Gasteiger partial charge in [0.1, 0.15) is 6.61 Å². The lowest BCUT2D eigenvalue weighted by Gasteiger charge is -2.25. The molecule has 0 unspecified atom stereocenters. The molecule has 0 spiro atoms. The molecule has 1 aliphatic heterocycles. The Labute approximate surface area is 102 Å². The van der Waals surface area contributed by atoms with Crippen LogP contribution in [0.4, 0.5) is 0 Å². The topological polar surface area (TPSA) is 34.1 Å². The molecule has 0 aliphatic carbocycles. The Kier molecular flexibility index (Phi) is 5.00. The fourth-order valence-corrected chi connectivity index (χ4v) is 1.68. The van der Waals surface area contributed by atoms with Gasteiger partial charge < -0.3 is 9.57 Å². The van der Waals surface area contributed by atoms with Crippen LogP contribution in [0.5, 0.6) is 0 Å². The summed E-state index contributed by atoms with van der Waals surface area (Å²) in [6.07, 6.45) is 1.74. The Hall–Kier alpha value is -1.39. The van der Waals surface area contributed by atoms with Gasteiger partial charge in [-0.3, -0.25) is 4.90 Å². The summed E-state index contributed by atoms with van der Waals surface area (Å²) < 4.78 is 5.27. The number of hydrogen-bond acceptors (Lipinski definition) is 4. The van der Waals surface area contributed by atoms with Crippen molar-refractivity contribution in [2.45, 2.75) is 0 Å². The maximum absolute atomic E-state index is 5.27. The van der Waals surface area contributed by atoms with Gasteiger partial charge in [0.05, 0.1) is 19.4 Å². The monoisotopic (exact) mass is 234 g/mol. The summed E-state index contributed by atoms with van der Waals surface area (Å²) in [6.45, 7) is 5.18. The first-order valence-corrected chi connectivity index (χ1v) is 5.95. The minimum atomic E-state index is 0.628. The van der Waals surface area contributed by atoms with E-state index in [1.54, 1.807) is 6.21 Å². The van der Waals surface area contributed by atoms with Gasteiger partial charge in [-0.05, 0) is 5.56 Å². The van der Waals surface area contributed by atoms with Crippen LogP contribution in [0.15, 0.2) is 35.5 Å². The van der Waals surface area contributed by atoms with Gasteiger partial charge in [-0.1, -0.05) is 35.5 Å². The van der Waals surface area contributed by atoms with Crippen LogP contribution >= 0.6 is 0 Å². The molecular weight excluding hydrogens is 216 g/mol. The molecule has 0 radical (unpaired) electrons. The van der Waals surface area contributed by atoms with Gasteiger partial charge in [0.25, 0.3) is 0 Å². The highest BCUT2D eigenvalue weighted by Crippen LogP contribution is 1.97. The van der Waals surface area contributed by atoms with Crippen LogP contribution < -0.4 is 0 Å². The maximum atomic E-state index is 5.27. The van der Waals surface area contributed by atoms with Gasteiger partial charge in [0.15, 0.2) is 0 Å². The first kappa shape index (κ1) is 12.1. The van der Waals surface area contributed by atoms with Gasteiger partial charge in [0, 0.05) is 19.6 Å². The molecule has 0 N–H and O–H groups in total. The first-order valence-electron chi connectivity index (χ1n) is 5.95. The molecule has 4 heteroatoms. The van der Waals surface area contributed by atoms with Gasteiger partial charge in [-0.15, -0.1) is 0 Å². The fraction of sp³-hybridized carbons (Fsp3) is 0.462. The van der Waals surface area contributed by atoms with Crippen molar-refractivity contribution in [3.8, 4) is 0 Å². The number of ether oxygens (including phenoxy) is 1. The molecule has 0 saturated carbocycles. The third-order valence-electron chi connectivity index (χ3n) is 2.68. The van der Waals surface area contributed by atoms with Gasteiger partial charge in [-0.25, -0.2) is 0 Å². The lowest BCUT2D eigenvalue weighted by Crippen LogP contribution is -2.38. The molecule has 1 aromatic rings. The average Bonchev–Trinajstić information content (AvgIpc) is 2.41. The van der Waals surface area contributed by atoms with Crippen molar-refractivity contribution in [1.29, 1.82) is 0 Å². The van der Waals surface area contributed by atoms with Gasteiger partial charge in [0.2, 0.25) is 0 Å². The van der Waals surface area contributed by atoms with Crippen LogP contribution in [0.2, 0.25) is 0 Å². The van der Waals surface area contributed by atoms with E-state index in [1.165, 1.54) is 0 Å². The standard InChI is InChI=1S/C13H18N2O2/c1-2-4-13(5-3-1)12-14-17-11-8-15-6-9-16-10-7-15/h1-5,12H,6-11H2. The first-order chi connectivity index (χ1) is 8.45. The number of hydrogen-bond donors (Lipinski definition) is 0. The molecule has 1 heterocycles. The van der Waals surface area contributed by atoms with Gasteiger partial charge in [-0.2, -0.15) is 0 Å². The van der Waals surface area contributed by atoms with Crippen LogP contribution in [0, 0.1) is 0 Å². The van der Waals surface area contributed by atoms with E-state index in [2.05, 4.69) is 10.1 Å². The second-order valence-corrected chi connectivity index (χ2v) is 3.93. The quantitative estimate of drug-likeness (QED) is 0.438. The Morgan fingerprint density at radius 3 is 2.76 bits per heavy atom. The van der Waals surface area contributed by atoms with E-state index < -0.39 is 0 Å². The number of rotatable bonds is 5. The molecule has 92 valence electrons. The third kappa shape index (κ3) is 4.54. The van der Waals surface area contributed by atoms with Crippen LogP contribution in [0.3, 0.4) is 0 Å². The van der Waals surface area contributed by atoms with E-state index in [-0.39, 0.29) is 0 Å². The van der Waals surface area contributed by atoms with E-state index in [4.69, 9.17) is 9.57 Å². The zero-order chi connectivity index (χ0) is 11.8. The van der Waals surface area contributed by atoms with E-state index in [1.807, 2.05) is 30.3 Å². The SMILES string of the molecule is C(=NOCCN1CCOCC1)c1ccccc1. The minimum absolute atomic E-state index is 0.628. The zero-order valence-electron chi connectivity index (χ0n) is 9.92. The van der Waals surface area contributed by atoms with Crippen LogP contribution in [-0.2, 0) is 9.57 Å². The zero-order valence-corrected chi connectivity index (χ0v) is 9.92. The molecule has 1 aliphatic rings. The van der Waals surface area contributed by atoms with Crippen molar-refractivity contribution < 1.29 is 9.57 Å². The molecule has 2 rings (SSSR count). The lowest BCUT2D eigenvalue weighted by atomic mass is 10.2. The predicted octanol–water partition coefficient (Wildman–Crippen LogP) is 1.37. The lowest BCUT2D eigenvalue weighted by molar-refractivity contribution is 0.0214. The number of morpholine rings is 1. The average molecular weight is 234 g/mol. The summed E-state index contributed by atoms with van der Waals surface area (Å²) in [4.78, 5) is 7.55. The van der Waals surface area contributed by atoms with Crippen molar-refractivity contribution in [3.05, 3.63) is 35.9 Å². The molecule has 1 aromatic carbocycles. The highest BCUT2D eigenvalue weighted by Gasteiger charge is 2.09. The van der Waals surface area contributed by atoms with E-state index in [9.17, 15) is 0 Å². The molecule has 1 fully saturated rings. The number of oxime groups is 1. The normalized spacial score (nSPS) is 17.4. The van der Waals surface area contributed by atoms with Crippen LogP contribution in [-0.4, -0.2) is 50.6 Å². The second-order valence-electron chi connectivity index (χ2n) is 3.93. The summed E-state index contributed by atoms with van der Waals surface area (Å²) in [5, 5.41) is 3.94. The van der Waals surface area contributed by atoms with Crippen molar-refractivity contribution in [2.24, 2.45) is 5.16 Å². The molecule has 0 aromatic heterocycles. The molecular formula is C13H18N2O2. The Morgan fingerprint density at radius 1 is 1.24 bits per heavy atom. The number of nitrogens with zero attached hydrogens (tertiary/aromatic N) is 2. The maximum Gasteiger partial charge on any atom is 0.129 e. The Bertz CT molecular complexity index is 335. The molecule has 1 saturated heterocycles. The molecule has 0 amide bonds. The third-order valence-corrected chi connectivity index (χ3v) is 2.68. The highest BCUT2D eigenvalue weighted by molar-refractivity contribution is 5.78. The molecule has 17 heavy (non-hydrogen) atoms. The van der Waals surface area contributed by atoms with E-state index >= 15 is 0 Å². The van der Waals surface area contributed by atoms with Crippen molar-refractivity contribution in [1.82, 2.24) is 4.90 Å². The minimum Gasteiger partial charge on any atom is -0.394 e. The Morgan fingerprint density at radius 2 is 2.00 bits per heavy atom. The molecule has 0 atom stereocenters. The van der Waals surface area contributed by atoms with Gasteiger partial charge >= 0.3 is 0 Å². The summed E-state index contributed by atoms with van der Waals surface area (Å²) in [6, 6.07) is 9.93. The Balaban J connectivity index is 1.61. The molecule has 0 bridgehead atoms. The largest absolute Gasteiger partial charge is 0.394 e. The molecule has 4 nitrogen and oxygen atoms in total. The fourth-order valence-electron chi connectivity index (χ4n) is 1.68. The van der Waals surface area contributed by atoms with Crippen molar-refractivity contribution in [3.63, 3.8) is 0 Å². The summed E-state index contributed by atoms with van der Waals surface area (Å²) in [7, 11) is 0. The second kappa shape index (κ2) is 7.04. The number of benzene rings is 1. The van der Waals surface area contributed by atoms with Crippen molar-refractivity contribution in [2.75, 3.05) is 39.5 Å². The highest BCUT2D eigenvalue weighted by atomic mass is 16.6. The summed E-state index contributed by atoms with van der Waals surface area (Å²) in [5.74, 6) is 0. The van der Waals surface area contributed by atoms with Crippen LogP contribution in [0.25, 0.3) is 0 Å². The summed E-state index contributed by atoms with van der Waals surface area (Å²) in [5.41, 5.74) is 1.05. The van der Waals surface area contributed by atoms with E-state index in [0.29, 0.717) is 6.61 Å². The van der Waals surface area contributed by atoms with Crippen molar-refractivity contribution >= 4 is 6.21 Å². The predicted molar refractivity (Wildman–Crippen MR) is 67.2 cm³/mol. The van der Waals surface area contributed by atoms with E-state index in [0.717, 1.165) is 38.4 Å². The smallest absolute Gasteiger partial charge is 0.129 e. The van der Waals surface area contributed by atoms with Crippen LogP contribution in [0.1, 0.15) is 5.56 Å².